The van der Waals surface area contributed by atoms with Gasteiger partial charge >= 0.3 is 0 Å². The van der Waals surface area contributed by atoms with Gasteiger partial charge in [0.25, 0.3) is 0 Å². The third-order valence-corrected chi connectivity index (χ3v) is 3.37. The van der Waals surface area contributed by atoms with Crippen LogP contribution in [0.25, 0.3) is 11.6 Å². The minimum absolute atomic E-state index is 0.110. The normalized spacial score (nSPS) is 14.4. The molecule has 0 aromatic heterocycles. The maximum absolute atomic E-state index is 11.5. The van der Waals surface area contributed by atoms with E-state index in [4.69, 9.17) is 5.11 Å². The molecule has 2 heteroatoms. The Labute approximate surface area is 123 Å². The molecule has 0 spiro atoms. The first-order chi connectivity index (χ1) is 10.3. The summed E-state index contributed by atoms with van der Waals surface area (Å²) in [6, 6.07) is 16.8. The summed E-state index contributed by atoms with van der Waals surface area (Å²) in [5, 5.41) is 8.63. The van der Waals surface area contributed by atoms with Crippen molar-refractivity contribution in [1.82, 2.24) is 0 Å². The van der Waals surface area contributed by atoms with Gasteiger partial charge in [-0.1, -0.05) is 54.6 Å². The molecular weight excluding hydrogens is 260 g/mol. The molecule has 0 saturated heterocycles. The lowest BCUT2D eigenvalue weighted by molar-refractivity contribution is -0.110. The molecule has 0 amide bonds. The number of phenolic OH excluding ortho intramolecular Hbond substituents is 1. The number of hydrogen-bond acceptors (Lipinski definition) is 2. The Balaban J connectivity index is 0.000000160. The summed E-state index contributed by atoms with van der Waals surface area (Å²) in [5.41, 5.74) is 4.20. The fraction of sp³-hybridized carbons (Fsp3) is 0. The van der Waals surface area contributed by atoms with Crippen LogP contribution in [0.2, 0.25) is 0 Å². The predicted octanol–water partition coefficient (Wildman–Crippen LogP) is 4.00. The van der Waals surface area contributed by atoms with Crippen molar-refractivity contribution in [2.45, 2.75) is 0 Å². The number of para-hydroxylation sites is 1. The maximum atomic E-state index is 11.5. The number of ketones is 1. The van der Waals surface area contributed by atoms with Crippen LogP contribution < -0.4 is 0 Å². The maximum Gasteiger partial charge on any atom is 0.186 e. The second-order valence-electron chi connectivity index (χ2n) is 4.78. The SMILES string of the molecule is O=C1C=CC=C2C1=Cc1ccccc12.Oc1ccccc1. The standard InChI is InChI=1S/C13H8O.C6H6O/c14-13-7-3-6-11-10-5-2-1-4-9(10)8-12(11)13;7-6-4-2-1-3-5-6/h1-8H;1-5,7H. The molecule has 0 unspecified atom stereocenters. The zero-order chi connectivity index (χ0) is 14.7. The largest absolute Gasteiger partial charge is 0.508 e. The Kier molecular flexibility index (Phi) is 3.52. The summed E-state index contributed by atoms with van der Waals surface area (Å²) < 4.78 is 0. The van der Waals surface area contributed by atoms with E-state index >= 15 is 0 Å². The number of fused-ring (bicyclic) bond motifs is 3. The highest BCUT2D eigenvalue weighted by Crippen LogP contribution is 2.37. The summed E-state index contributed by atoms with van der Waals surface area (Å²) in [7, 11) is 0. The van der Waals surface area contributed by atoms with E-state index in [0.717, 1.165) is 16.7 Å². The number of carbonyl (C=O) groups is 1. The van der Waals surface area contributed by atoms with Crippen molar-refractivity contribution in [3.8, 4) is 5.75 Å². The zero-order valence-corrected chi connectivity index (χ0v) is 11.4. The minimum atomic E-state index is 0.110. The Hall–Kier alpha value is -2.87. The molecule has 0 radical (unpaired) electrons. The van der Waals surface area contributed by atoms with E-state index in [0.29, 0.717) is 5.75 Å². The van der Waals surface area contributed by atoms with Crippen LogP contribution in [-0.2, 0) is 4.79 Å². The van der Waals surface area contributed by atoms with Crippen molar-refractivity contribution in [3.05, 3.63) is 89.5 Å². The van der Waals surface area contributed by atoms with Crippen molar-refractivity contribution in [1.29, 1.82) is 0 Å². The first-order valence-electron chi connectivity index (χ1n) is 6.74. The number of rotatable bonds is 0. The first kappa shape index (κ1) is 13.1. The van der Waals surface area contributed by atoms with Crippen LogP contribution in [0.3, 0.4) is 0 Å². The molecule has 0 atom stereocenters. The second kappa shape index (κ2) is 5.63. The van der Waals surface area contributed by atoms with Crippen molar-refractivity contribution in [3.63, 3.8) is 0 Å². The number of aromatic hydroxyl groups is 1. The molecule has 0 heterocycles. The first-order valence-corrected chi connectivity index (χ1v) is 6.74. The molecule has 2 aliphatic carbocycles. The van der Waals surface area contributed by atoms with Gasteiger partial charge in [-0.15, -0.1) is 0 Å². The predicted molar refractivity (Wildman–Crippen MR) is 84.6 cm³/mol. The average molecular weight is 274 g/mol. The van der Waals surface area contributed by atoms with E-state index < -0.39 is 0 Å². The molecule has 2 nitrogen and oxygen atoms in total. The molecule has 2 aromatic carbocycles. The monoisotopic (exact) mass is 274 g/mol. The molecule has 0 bridgehead atoms. The molecule has 0 fully saturated rings. The molecule has 21 heavy (non-hydrogen) atoms. The Morgan fingerprint density at radius 3 is 2.24 bits per heavy atom. The zero-order valence-electron chi connectivity index (χ0n) is 11.4. The third kappa shape index (κ3) is 2.70. The molecule has 1 N–H and O–H groups in total. The summed E-state index contributed by atoms with van der Waals surface area (Å²) in [6.45, 7) is 0. The van der Waals surface area contributed by atoms with E-state index in [1.807, 2.05) is 42.5 Å². The van der Waals surface area contributed by atoms with Crippen LogP contribution in [0.4, 0.5) is 0 Å². The van der Waals surface area contributed by atoms with Gasteiger partial charge in [-0.2, -0.15) is 0 Å². The van der Waals surface area contributed by atoms with Crippen LogP contribution in [0.15, 0.2) is 78.4 Å². The Morgan fingerprint density at radius 1 is 0.810 bits per heavy atom. The highest BCUT2D eigenvalue weighted by Gasteiger charge is 2.23. The lowest BCUT2D eigenvalue weighted by atomic mass is 9.96. The van der Waals surface area contributed by atoms with Crippen LogP contribution in [0, 0.1) is 0 Å². The van der Waals surface area contributed by atoms with Gasteiger partial charge < -0.3 is 5.11 Å². The second-order valence-corrected chi connectivity index (χ2v) is 4.78. The molecular formula is C19H14O2. The molecule has 2 aromatic rings. The summed E-state index contributed by atoms with van der Waals surface area (Å²) in [4.78, 5) is 11.5. The van der Waals surface area contributed by atoms with Crippen molar-refractivity contribution in [2.75, 3.05) is 0 Å². The van der Waals surface area contributed by atoms with Gasteiger partial charge in [-0.25, -0.2) is 0 Å². The van der Waals surface area contributed by atoms with Crippen molar-refractivity contribution >= 4 is 17.4 Å². The van der Waals surface area contributed by atoms with Gasteiger partial charge in [0.15, 0.2) is 5.78 Å². The summed E-state index contributed by atoms with van der Waals surface area (Å²) in [5.74, 6) is 0.432. The highest BCUT2D eigenvalue weighted by molar-refractivity contribution is 6.23. The fourth-order valence-corrected chi connectivity index (χ4v) is 2.38. The number of hydrogen-bond donors (Lipinski definition) is 1. The van der Waals surface area contributed by atoms with E-state index in [1.165, 1.54) is 5.56 Å². The summed E-state index contributed by atoms with van der Waals surface area (Å²) >= 11 is 0. The van der Waals surface area contributed by atoms with Gasteiger partial charge in [0.2, 0.25) is 0 Å². The lowest BCUT2D eigenvalue weighted by Crippen LogP contribution is -2.00. The average Bonchev–Trinajstić information content (AvgIpc) is 2.89. The van der Waals surface area contributed by atoms with Crippen LogP contribution in [0.1, 0.15) is 11.1 Å². The number of benzene rings is 2. The van der Waals surface area contributed by atoms with Gasteiger partial charge in [0, 0.05) is 5.57 Å². The molecule has 102 valence electrons. The fourth-order valence-electron chi connectivity index (χ4n) is 2.38. The topological polar surface area (TPSA) is 37.3 Å². The Bertz CT molecular complexity index is 765. The van der Waals surface area contributed by atoms with Gasteiger partial charge in [0.05, 0.1) is 0 Å². The van der Waals surface area contributed by atoms with E-state index in [9.17, 15) is 4.79 Å². The number of carbonyl (C=O) groups excluding carboxylic acids is 1. The van der Waals surface area contributed by atoms with Crippen molar-refractivity contribution in [2.24, 2.45) is 0 Å². The third-order valence-electron chi connectivity index (χ3n) is 3.37. The lowest BCUT2D eigenvalue weighted by Gasteiger charge is -2.06. The van der Waals surface area contributed by atoms with Gasteiger partial charge in [-0.3, -0.25) is 4.79 Å². The van der Waals surface area contributed by atoms with Gasteiger partial charge in [0.1, 0.15) is 5.75 Å². The quantitative estimate of drug-likeness (QED) is 0.788. The minimum Gasteiger partial charge on any atom is -0.508 e. The van der Waals surface area contributed by atoms with Gasteiger partial charge in [-0.05, 0) is 41.0 Å². The van der Waals surface area contributed by atoms with Crippen LogP contribution in [-0.4, -0.2) is 10.9 Å². The van der Waals surface area contributed by atoms with E-state index in [-0.39, 0.29) is 5.78 Å². The van der Waals surface area contributed by atoms with E-state index in [2.05, 4.69) is 6.07 Å². The van der Waals surface area contributed by atoms with E-state index in [1.54, 1.807) is 30.3 Å². The molecule has 0 saturated carbocycles. The number of allylic oxidation sites excluding steroid dienone is 5. The molecule has 4 rings (SSSR count). The Morgan fingerprint density at radius 2 is 1.52 bits per heavy atom. The molecule has 0 aliphatic heterocycles. The number of phenols is 1. The smallest absolute Gasteiger partial charge is 0.186 e. The van der Waals surface area contributed by atoms with Crippen LogP contribution >= 0.6 is 0 Å². The van der Waals surface area contributed by atoms with Crippen molar-refractivity contribution < 1.29 is 9.90 Å². The highest BCUT2D eigenvalue weighted by atomic mass is 16.3. The summed E-state index contributed by atoms with van der Waals surface area (Å²) in [6.07, 6.45) is 7.39. The molecule has 2 aliphatic rings. The van der Waals surface area contributed by atoms with Crippen LogP contribution in [0.5, 0.6) is 5.75 Å².